The summed E-state index contributed by atoms with van der Waals surface area (Å²) >= 11 is 6.59. The molecule has 0 amide bonds. The van der Waals surface area contributed by atoms with Gasteiger partial charge in [0.15, 0.2) is 0 Å². The summed E-state index contributed by atoms with van der Waals surface area (Å²) in [6.07, 6.45) is 4.68. The topological polar surface area (TPSA) is 136 Å². The summed E-state index contributed by atoms with van der Waals surface area (Å²) in [5.74, 6) is 0.972. The molecule has 0 spiro atoms. The fraction of sp³-hybridized carbons (Fsp3) is 0.265. The number of aliphatic hydroxyl groups is 1. The highest BCUT2D eigenvalue weighted by molar-refractivity contribution is 6.32. The van der Waals surface area contributed by atoms with E-state index in [1.807, 2.05) is 43.3 Å². The predicted molar refractivity (Wildman–Crippen MR) is 174 cm³/mol. The van der Waals surface area contributed by atoms with Gasteiger partial charge in [0.05, 0.1) is 52.3 Å². The van der Waals surface area contributed by atoms with Crippen molar-refractivity contribution in [1.82, 2.24) is 9.88 Å². The van der Waals surface area contributed by atoms with Crippen LogP contribution in [0.25, 0.3) is 10.9 Å². The third-order valence-corrected chi connectivity index (χ3v) is 7.38. The molecule has 0 radical (unpaired) electrons. The average molecular weight is 625 g/mol. The molecule has 1 fully saturated rings. The van der Waals surface area contributed by atoms with E-state index in [9.17, 15) is 15.6 Å². The minimum atomic E-state index is -0.987. The molecule has 3 aromatic carbocycles. The van der Waals surface area contributed by atoms with E-state index in [4.69, 9.17) is 25.8 Å². The Morgan fingerprint density at radius 3 is 2.69 bits per heavy atom. The smallest absolute Gasteiger partial charge is 0.145 e. The van der Waals surface area contributed by atoms with Gasteiger partial charge >= 0.3 is 0 Å². The number of nitrogens with zero attached hydrogens (tertiary/aromatic N) is 4. The molecule has 45 heavy (non-hydrogen) atoms. The van der Waals surface area contributed by atoms with Gasteiger partial charge in [0.25, 0.3) is 0 Å². The third kappa shape index (κ3) is 8.01. The van der Waals surface area contributed by atoms with Crippen LogP contribution in [0.2, 0.25) is 5.02 Å². The van der Waals surface area contributed by atoms with Gasteiger partial charge in [-0.2, -0.15) is 10.5 Å². The number of halogens is 1. The second-order valence-electron chi connectivity index (χ2n) is 10.7. The molecule has 1 unspecified atom stereocenters. The highest BCUT2D eigenvalue weighted by Crippen LogP contribution is 2.38. The van der Waals surface area contributed by atoms with Crippen LogP contribution in [0, 0.1) is 22.7 Å². The number of rotatable bonds is 12. The van der Waals surface area contributed by atoms with Gasteiger partial charge in [-0.25, -0.2) is 0 Å². The highest BCUT2D eigenvalue weighted by Gasteiger charge is 2.21. The van der Waals surface area contributed by atoms with Crippen molar-refractivity contribution in [1.29, 1.82) is 10.5 Å². The van der Waals surface area contributed by atoms with Crippen LogP contribution in [-0.4, -0.2) is 61.2 Å². The van der Waals surface area contributed by atoms with Gasteiger partial charge in [-0.15, -0.1) is 0 Å². The largest absolute Gasteiger partial charge is 0.487 e. The zero-order valence-corrected chi connectivity index (χ0v) is 25.7. The van der Waals surface area contributed by atoms with Crippen LogP contribution < -0.4 is 20.1 Å². The standard InChI is InChI=1S/C34H33ClN6O4/c1-41(2)12-5-8-33(42)40-30-15-27-29(16-32(30)45-26-11-13-43-21-26)38-19-24(18-37)34(27)39-25-9-10-31(28(35)14-25)44-20-23-7-4-3-6-22(23)17-36/h3-10,14-16,19,26,33,40,42H,11-13,20-21H2,1-2H3,(H,38,39)/b8-5+/t26-,33?/m0/s1. The number of ether oxygens (including phenoxy) is 3. The van der Waals surface area contributed by atoms with Crippen LogP contribution in [0.3, 0.4) is 0 Å². The first-order valence-corrected chi connectivity index (χ1v) is 14.8. The molecule has 1 aliphatic heterocycles. The van der Waals surface area contributed by atoms with Crippen LogP contribution in [0.5, 0.6) is 11.5 Å². The molecule has 2 atom stereocenters. The van der Waals surface area contributed by atoms with Crippen LogP contribution in [-0.2, 0) is 11.3 Å². The monoisotopic (exact) mass is 624 g/mol. The van der Waals surface area contributed by atoms with Crippen molar-refractivity contribution < 1.29 is 19.3 Å². The molecular weight excluding hydrogens is 592 g/mol. The number of likely N-dealkylation sites (N-methyl/N-ethyl adjacent to an activating group) is 1. The molecule has 1 saturated heterocycles. The number of benzene rings is 3. The number of aromatic nitrogens is 1. The summed E-state index contributed by atoms with van der Waals surface area (Å²) in [7, 11) is 3.89. The summed E-state index contributed by atoms with van der Waals surface area (Å²) in [6, 6.07) is 20.4. The number of aliphatic hydroxyl groups excluding tert-OH is 1. The Bertz CT molecular complexity index is 1780. The number of nitrogens with one attached hydrogen (secondary N) is 2. The first kappa shape index (κ1) is 31.6. The Labute approximate surface area is 267 Å². The second kappa shape index (κ2) is 14.8. The minimum Gasteiger partial charge on any atom is -0.487 e. The van der Waals surface area contributed by atoms with Crippen LogP contribution in [0.1, 0.15) is 23.1 Å². The van der Waals surface area contributed by atoms with Crippen molar-refractivity contribution in [2.75, 3.05) is 44.5 Å². The number of hydrogen-bond donors (Lipinski definition) is 3. The predicted octanol–water partition coefficient (Wildman–Crippen LogP) is 5.97. The van der Waals surface area contributed by atoms with Crippen LogP contribution in [0.4, 0.5) is 17.1 Å². The van der Waals surface area contributed by atoms with E-state index in [-0.39, 0.29) is 12.7 Å². The Morgan fingerprint density at radius 1 is 1.13 bits per heavy atom. The van der Waals surface area contributed by atoms with Gasteiger partial charge in [-0.05, 0) is 50.5 Å². The van der Waals surface area contributed by atoms with Crippen LogP contribution in [0.15, 0.2) is 72.9 Å². The van der Waals surface area contributed by atoms with E-state index in [1.165, 1.54) is 6.20 Å². The second-order valence-corrected chi connectivity index (χ2v) is 11.1. The zero-order valence-electron chi connectivity index (χ0n) is 25.0. The molecule has 0 saturated carbocycles. The van der Waals surface area contributed by atoms with Crippen molar-refractivity contribution in [2.45, 2.75) is 25.4 Å². The maximum absolute atomic E-state index is 10.8. The van der Waals surface area contributed by atoms with Crippen LogP contribution >= 0.6 is 11.6 Å². The molecule has 3 N–H and O–H groups in total. The molecule has 10 nitrogen and oxygen atoms in total. The molecule has 230 valence electrons. The van der Waals surface area contributed by atoms with E-state index in [2.05, 4.69) is 27.8 Å². The number of pyridine rings is 1. The van der Waals surface area contributed by atoms with Crippen molar-refractivity contribution in [3.05, 3.63) is 94.7 Å². The number of fused-ring (bicyclic) bond motifs is 1. The molecule has 11 heteroatoms. The summed E-state index contributed by atoms with van der Waals surface area (Å²) < 4.78 is 17.7. The lowest BCUT2D eigenvalue weighted by molar-refractivity contribution is 0.141. The van der Waals surface area contributed by atoms with Gasteiger partial charge in [0, 0.05) is 41.9 Å². The van der Waals surface area contributed by atoms with E-state index < -0.39 is 6.23 Å². The molecular formula is C34H33ClN6O4. The zero-order chi connectivity index (χ0) is 31.8. The maximum Gasteiger partial charge on any atom is 0.145 e. The molecule has 4 aromatic rings. The van der Waals surface area contributed by atoms with E-state index in [0.717, 1.165) is 12.0 Å². The SMILES string of the molecule is CN(C)C/C=C/C(O)Nc1cc2c(Nc3ccc(OCc4ccccc4C#N)c(Cl)c3)c(C#N)cnc2cc1O[C@H]1CCOC1. The molecule has 5 rings (SSSR count). The summed E-state index contributed by atoms with van der Waals surface area (Å²) in [5.41, 5.74) is 3.89. The van der Waals surface area contributed by atoms with Gasteiger partial charge in [-0.3, -0.25) is 4.98 Å². The Balaban J connectivity index is 1.45. The summed E-state index contributed by atoms with van der Waals surface area (Å²) in [5, 5.41) is 37.5. The molecule has 1 aromatic heterocycles. The lowest BCUT2D eigenvalue weighted by Gasteiger charge is -2.20. The van der Waals surface area contributed by atoms with E-state index in [1.54, 1.807) is 42.5 Å². The van der Waals surface area contributed by atoms with Gasteiger partial charge in [-0.1, -0.05) is 35.9 Å². The number of hydrogen-bond acceptors (Lipinski definition) is 10. The fourth-order valence-corrected chi connectivity index (χ4v) is 5.03. The van der Waals surface area contributed by atoms with Gasteiger partial charge in [0.2, 0.25) is 0 Å². The highest BCUT2D eigenvalue weighted by atomic mass is 35.5. The number of nitriles is 2. The Kier molecular flexibility index (Phi) is 10.4. The van der Waals surface area contributed by atoms with Gasteiger partial charge < -0.3 is 34.9 Å². The number of anilines is 3. The van der Waals surface area contributed by atoms with Gasteiger partial charge in [0.1, 0.15) is 36.5 Å². The first-order chi connectivity index (χ1) is 21.8. The third-order valence-electron chi connectivity index (χ3n) is 7.09. The van der Waals surface area contributed by atoms with Crippen molar-refractivity contribution in [2.24, 2.45) is 0 Å². The quantitative estimate of drug-likeness (QED) is 0.128. The van der Waals surface area contributed by atoms with Crippen molar-refractivity contribution >= 4 is 39.6 Å². The lowest BCUT2D eigenvalue weighted by Crippen LogP contribution is -2.20. The molecule has 0 aliphatic carbocycles. The first-order valence-electron chi connectivity index (χ1n) is 14.4. The summed E-state index contributed by atoms with van der Waals surface area (Å²) in [4.78, 5) is 6.51. The van der Waals surface area contributed by atoms with Crippen molar-refractivity contribution in [3.8, 4) is 23.6 Å². The van der Waals surface area contributed by atoms with E-state index >= 15 is 0 Å². The fourth-order valence-electron chi connectivity index (χ4n) is 4.79. The summed E-state index contributed by atoms with van der Waals surface area (Å²) in [6.45, 7) is 1.95. The van der Waals surface area contributed by atoms with E-state index in [0.29, 0.717) is 75.4 Å². The Morgan fingerprint density at radius 2 is 1.96 bits per heavy atom. The molecule has 1 aliphatic rings. The maximum atomic E-state index is 10.8. The normalized spacial score (nSPS) is 15.1. The Hall–Kier alpha value is -4.84. The molecule has 0 bridgehead atoms. The minimum absolute atomic E-state index is 0.128. The average Bonchev–Trinajstić information content (AvgIpc) is 3.54. The lowest BCUT2D eigenvalue weighted by atomic mass is 10.1. The van der Waals surface area contributed by atoms with Crippen molar-refractivity contribution in [3.63, 3.8) is 0 Å². The molecule has 2 heterocycles.